The van der Waals surface area contributed by atoms with Crippen molar-refractivity contribution in [2.24, 2.45) is 0 Å². The Bertz CT molecular complexity index is 3360. The highest BCUT2D eigenvalue weighted by Gasteiger charge is 2.37. The van der Waals surface area contributed by atoms with E-state index in [9.17, 15) is 24.3 Å². The van der Waals surface area contributed by atoms with Crippen LogP contribution in [0.5, 0.6) is 17.2 Å². The van der Waals surface area contributed by atoms with Crippen LogP contribution in [0.1, 0.15) is 101 Å². The molecule has 0 radical (unpaired) electrons. The first kappa shape index (κ1) is 43.4. The number of aromatic nitrogens is 1. The normalized spacial score (nSPS) is 16.9. The maximum Gasteiger partial charge on any atom is 0.262 e. The first-order valence-electron chi connectivity index (χ1n) is 24.4. The summed E-state index contributed by atoms with van der Waals surface area (Å²) in [4.78, 5) is 61.7. The van der Waals surface area contributed by atoms with Gasteiger partial charge in [-0.2, -0.15) is 0 Å². The molecule has 0 saturated carbocycles. The number of aromatic carboxylic acids is 1. The number of hydrogen-bond donors (Lipinski definition) is 0. The summed E-state index contributed by atoms with van der Waals surface area (Å²) in [7, 11) is 1.58. The van der Waals surface area contributed by atoms with Crippen LogP contribution in [0.15, 0.2) is 72.8 Å². The fourth-order valence-corrected chi connectivity index (χ4v) is 12.4. The predicted octanol–water partition coefficient (Wildman–Crippen LogP) is 5.63. The minimum atomic E-state index is -1.35. The number of carbonyl (C=O) groups excluding carboxylic acids is 4. The molecular formula is C56H52ClN5O7. The Labute approximate surface area is 404 Å². The van der Waals surface area contributed by atoms with Gasteiger partial charge in [-0.25, -0.2) is 4.58 Å². The van der Waals surface area contributed by atoms with Crippen molar-refractivity contribution in [2.45, 2.75) is 64.7 Å². The summed E-state index contributed by atoms with van der Waals surface area (Å²) >= 11 is 6.13. The van der Waals surface area contributed by atoms with Gasteiger partial charge in [0.1, 0.15) is 30.3 Å². The number of carboxylic acid groups (broad SMARTS) is 1. The number of carbonyl (C=O) groups is 4. The number of methoxy groups -OCH3 is 1. The van der Waals surface area contributed by atoms with Crippen LogP contribution in [0.3, 0.4) is 0 Å². The molecule has 350 valence electrons. The number of amides is 2. The van der Waals surface area contributed by atoms with Gasteiger partial charge in [-0.15, -0.1) is 0 Å². The molecule has 7 heterocycles. The van der Waals surface area contributed by atoms with E-state index in [1.54, 1.807) is 63.9 Å². The van der Waals surface area contributed by atoms with Crippen molar-refractivity contribution in [1.82, 2.24) is 18.9 Å². The first-order valence-corrected chi connectivity index (χ1v) is 24.8. The lowest BCUT2D eigenvalue weighted by Crippen LogP contribution is -2.51. The highest BCUT2D eigenvalue weighted by atomic mass is 35.5. The predicted molar refractivity (Wildman–Crippen MR) is 262 cm³/mol. The third-order valence-electron chi connectivity index (χ3n) is 15.5. The van der Waals surface area contributed by atoms with Crippen molar-refractivity contribution in [2.75, 3.05) is 64.4 Å². The molecule has 1 saturated heterocycles. The van der Waals surface area contributed by atoms with E-state index in [0.717, 1.165) is 116 Å². The van der Waals surface area contributed by atoms with Gasteiger partial charge in [0.05, 0.1) is 30.6 Å². The highest BCUT2D eigenvalue weighted by molar-refractivity contribution is 6.30. The van der Waals surface area contributed by atoms with Crippen LogP contribution >= 0.6 is 11.6 Å². The molecule has 2 amide bonds. The van der Waals surface area contributed by atoms with E-state index in [-0.39, 0.29) is 48.4 Å². The number of fused-ring (bicyclic) bond motifs is 5. The minimum absolute atomic E-state index is 0.0369. The Morgan fingerprint density at radius 2 is 1.43 bits per heavy atom. The number of hydrogen-bond acceptors (Lipinski definition) is 8. The largest absolute Gasteiger partial charge is 0.545 e. The van der Waals surface area contributed by atoms with Crippen LogP contribution in [0, 0.1) is 6.92 Å². The standard InChI is InChI=1S/C56H52ClN5O7/c1-32-42(43-30-38(68-2)16-18-47(43)62(32)55(65)33-11-14-37(57)15-12-33)31-48(63)58-23-25-61(26-24-58)54(64)36-13-17-39(44(29-36)56(66)67)49-45-27-34-7-3-19-59-21-5-9-40(50(34)59)52(45)69-53-41-10-6-22-60-20-4-8-35(51(41)60)28-46(49)53/h11-18,27-30H,3-10,19-26,31H2,1-2H3. The number of carboxylic acids is 1. The van der Waals surface area contributed by atoms with Gasteiger partial charge in [-0.3, -0.25) is 19.0 Å². The van der Waals surface area contributed by atoms with Crippen molar-refractivity contribution in [1.29, 1.82) is 0 Å². The Morgan fingerprint density at radius 1 is 0.725 bits per heavy atom. The molecule has 0 spiro atoms. The van der Waals surface area contributed by atoms with Gasteiger partial charge in [0.25, 0.3) is 11.8 Å². The zero-order valence-corrected chi connectivity index (χ0v) is 39.7. The molecule has 0 N–H and O–H groups in total. The van der Waals surface area contributed by atoms with E-state index in [1.165, 1.54) is 39.4 Å². The summed E-state index contributed by atoms with van der Waals surface area (Å²) in [5, 5.41) is 16.9. The Morgan fingerprint density at radius 3 is 2.20 bits per heavy atom. The molecule has 13 heteroatoms. The number of halogens is 1. The number of nitrogens with zero attached hydrogens (tertiary/aromatic N) is 5. The summed E-state index contributed by atoms with van der Waals surface area (Å²) < 4.78 is 16.9. The van der Waals surface area contributed by atoms with Crippen LogP contribution in [-0.2, 0) is 36.9 Å². The maximum absolute atomic E-state index is 14.4. The number of rotatable bonds is 7. The van der Waals surface area contributed by atoms with E-state index >= 15 is 0 Å². The molecule has 6 aliphatic heterocycles. The lowest BCUT2D eigenvalue weighted by atomic mass is 9.81. The minimum Gasteiger partial charge on any atom is -0.545 e. The molecule has 0 atom stereocenters. The van der Waals surface area contributed by atoms with E-state index < -0.39 is 5.97 Å². The fraction of sp³-hybridized carbons (Fsp3) is 0.339. The molecule has 6 aliphatic rings. The van der Waals surface area contributed by atoms with Gasteiger partial charge in [0.15, 0.2) is 0 Å². The second-order valence-electron chi connectivity index (χ2n) is 19.3. The van der Waals surface area contributed by atoms with Crippen LogP contribution < -0.4 is 34.6 Å². The molecule has 1 aromatic heterocycles. The summed E-state index contributed by atoms with van der Waals surface area (Å²) in [6.45, 7) is 7.04. The van der Waals surface area contributed by atoms with Gasteiger partial charge < -0.3 is 34.1 Å². The average Bonchev–Trinajstić information content (AvgIpc) is 3.64. The van der Waals surface area contributed by atoms with Gasteiger partial charge in [0.2, 0.25) is 11.3 Å². The molecule has 69 heavy (non-hydrogen) atoms. The quantitative estimate of drug-likeness (QED) is 0.189. The molecule has 5 aromatic carbocycles. The number of ether oxygens (including phenoxy) is 2. The lowest BCUT2D eigenvalue weighted by Gasteiger charge is -2.39. The third-order valence-corrected chi connectivity index (χ3v) is 15.8. The number of piperazine rings is 1. The molecule has 0 bridgehead atoms. The van der Waals surface area contributed by atoms with E-state index in [2.05, 4.69) is 21.6 Å². The summed E-state index contributed by atoms with van der Waals surface area (Å²) in [5.74, 6) is 0.242. The second-order valence-corrected chi connectivity index (χ2v) is 19.8. The highest BCUT2D eigenvalue weighted by Crippen LogP contribution is 2.49. The Hall–Kier alpha value is -6.92. The molecule has 0 aliphatic carbocycles. The van der Waals surface area contributed by atoms with Crippen LogP contribution in [0.4, 0.5) is 5.69 Å². The number of aryl methyl sites for hydroxylation is 2. The van der Waals surface area contributed by atoms with Gasteiger partial charge in [-0.05, 0) is 129 Å². The van der Waals surface area contributed by atoms with Crippen LogP contribution in [0.2, 0.25) is 5.02 Å². The van der Waals surface area contributed by atoms with Crippen molar-refractivity contribution in [3.05, 3.63) is 150 Å². The first-order chi connectivity index (χ1) is 33.6. The van der Waals surface area contributed by atoms with Crippen molar-refractivity contribution < 1.29 is 33.8 Å². The maximum atomic E-state index is 14.4. The summed E-state index contributed by atoms with van der Waals surface area (Å²) in [6, 6.07) is 21.7. The van der Waals surface area contributed by atoms with Crippen molar-refractivity contribution in [3.63, 3.8) is 0 Å². The molecule has 12 nitrogen and oxygen atoms in total. The molecule has 1 fully saturated rings. The number of anilines is 1. The van der Waals surface area contributed by atoms with Gasteiger partial charge in [0, 0.05) is 118 Å². The lowest BCUT2D eigenvalue weighted by molar-refractivity contribution is -0.255. The van der Waals surface area contributed by atoms with E-state index in [4.69, 9.17) is 21.1 Å². The topological polar surface area (TPSA) is 127 Å². The zero-order valence-electron chi connectivity index (χ0n) is 38.9. The second kappa shape index (κ2) is 16.9. The summed E-state index contributed by atoms with van der Waals surface area (Å²) in [5.41, 5.74) is 11.2. The number of benzene rings is 5. The summed E-state index contributed by atoms with van der Waals surface area (Å²) in [6.07, 6.45) is 7.89. The Kier molecular flexibility index (Phi) is 10.6. The molecule has 12 rings (SSSR count). The SMILES string of the molecule is COc1ccc2c(c1)c(CC(=O)N1CCN(C(=O)c3ccc(C4=c5cc6c7c(c5Oc5c4cc4c8c5CCCN8CCC4)CCC[N+]=7CCC6)c(C(=O)[O-])c3)CC1)c(C)n2C(=O)c1ccc(Cl)cc1. The monoisotopic (exact) mass is 941 g/mol. The smallest absolute Gasteiger partial charge is 0.262 e. The average molecular weight is 943 g/mol. The van der Waals surface area contributed by atoms with E-state index in [0.29, 0.717) is 46.2 Å². The van der Waals surface area contributed by atoms with Crippen LogP contribution in [-0.4, -0.2) is 97.5 Å². The van der Waals surface area contributed by atoms with Crippen molar-refractivity contribution in [3.8, 4) is 17.2 Å². The fourth-order valence-electron chi connectivity index (χ4n) is 12.3. The van der Waals surface area contributed by atoms with Crippen molar-refractivity contribution >= 4 is 57.5 Å². The molecule has 0 unspecified atom stereocenters. The van der Waals surface area contributed by atoms with Gasteiger partial charge in [-0.1, -0.05) is 17.7 Å². The zero-order chi connectivity index (χ0) is 47.2. The third kappa shape index (κ3) is 7.12. The van der Waals surface area contributed by atoms with E-state index in [1.807, 2.05) is 19.1 Å². The van der Waals surface area contributed by atoms with Gasteiger partial charge >= 0.3 is 0 Å². The molecular weight excluding hydrogens is 890 g/mol. The van der Waals surface area contributed by atoms with Crippen LogP contribution in [0.25, 0.3) is 16.5 Å². The Balaban J connectivity index is 0.856. The molecule has 6 aromatic rings.